The molecule has 3 heterocycles. The van der Waals surface area contributed by atoms with Gasteiger partial charge in [0.1, 0.15) is 18.4 Å². The molecule has 0 unspecified atom stereocenters. The maximum atomic E-state index is 5.99. The molecule has 0 atom stereocenters. The van der Waals surface area contributed by atoms with Gasteiger partial charge in [-0.25, -0.2) is 14.5 Å². The monoisotopic (exact) mass is 352 g/mol. The van der Waals surface area contributed by atoms with Gasteiger partial charge in [-0.2, -0.15) is 5.10 Å². The third kappa shape index (κ3) is 1.61. The fourth-order valence-electron chi connectivity index (χ4n) is 2.98. The molecule has 5 nitrogen and oxygen atoms in total. The zero-order chi connectivity index (χ0) is 14.7. The van der Waals surface area contributed by atoms with Crippen LogP contribution in [-0.4, -0.2) is 19.6 Å². The van der Waals surface area contributed by atoms with Crippen LogP contribution in [0.5, 0.6) is 11.6 Å². The van der Waals surface area contributed by atoms with Crippen molar-refractivity contribution in [1.82, 2.24) is 19.6 Å². The van der Waals surface area contributed by atoms with Gasteiger partial charge in [0.2, 0.25) is 5.88 Å². The van der Waals surface area contributed by atoms with Crippen molar-refractivity contribution in [3.63, 3.8) is 0 Å². The number of hydrogen-bond donors (Lipinski definition) is 0. The third-order valence-corrected chi connectivity index (χ3v) is 4.49. The number of aromatic nitrogens is 4. The molecular weight excluding hydrogens is 344 g/mol. The lowest BCUT2D eigenvalue weighted by atomic mass is 9.96. The standard InChI is InChI=1S/C16H9BrN4O/c17-10-2-3-11-9(5-10)1-4-14-12(11)6-13-15-18-7-20-21(15)8-19-16(13)22-14/h1-5,7-8H,6H2. The van der Waals surface area contributed by atoms with Gasteiger partial charge < -0.3 is 4.74 Å². The molecule has 0 bridgehead atoms. The molecule has 0 radical (unpaired) electrons. The summed E-state index contributed by atoms with van der Waals surface area (Å²) in [5, 5.41) is 6.51. The zero-order valence-electron chi connectivity index (χ0n) is 11.3. The van der Waals surface area contributed by atoms with E-state index in [1.54, 1.807) is 10.8 Å². The predicted octanol–water partition coefficient (Wildman–Crippen LogP) is 3.74. The normalized spacial score (nSPS) is 13.0. The summed E-state index contributed by atoms with van der Waals surface area (Å²) in [6, 6.07) is 10.3. The van der Waals surface area contributed by atoms with E-state index in [-0.39, 0.29) is 0 Å². The maximum Gasteiger partial charge on any atom is 0.228 e. The number of benzene rings is 2. The van der Waals surface area contributed by atoms with Crippen LogP contribution in [0, 0.1) is 0 Å². The smallest absolute Gasteiger partial charge is 0.228 e. The van der Waals surface area contributed by atoms with Crippen molar-refractivity contribution < 1.29 is 4.74 Å². The average molecular weight is 353 g/mol. The van der Waals surface area contributed by atoms with E-state index in [1.165, 1.54) is 17.1 Å². The van der Waals surface area contributed by atoms with Crippen molar-refractivity contribution in [3.8, 4) is 11.6 Å². The van der Waals surface area contributed by atoms with Gasteiger partial charge in [0.05, 0.1) is 5.56 Å². The van der Waals surface area contributed by atoms with E-state index in [0.717, 1.165) is 33.4 Å². The number of fused-ring (bicyclic) bond motifs is 6. The minimum Gasteiger partial charge on any atom is -0.438 e. The van der Waals surface area contributed by atoms with E-state index < -0.39 is 0 Å². The first-order chi connectivity index (χ1) is 10.8. The van der Waals surface area contributed by atoms with E-state index in [0.29, 0.717) is 5.88 Å². The van der Waals surface area contributed by atoms with Crippen LogP contribution in [-0.2, 0) is 6.42 Å². The summed E-state index contributed by atoms with van der Waals surface area (Å²) < 4.78 is 8.73. The number of hydrogen-bond acceptors (Lipinski definition) is 4. The molecule has 6 heteroatoms. The van der Waals surface area contributed by atoms with Crippen molar-refractivity contribution in [3.05, 3.63) is 58.6 Å². The quantitative estimate of drug-likeness (QED) is 0.426. The van der Waals surface area contributed by atoms with E-state index in [1.807, 2.05) is 12.1 Å². The second-order valence-electron chi connectivity index (χ2n) is 5.24. The molecule has 2 aromatic carbocycles. The molecule has 22 heavy (non-hydrogen) atoms. The highest BCUT2D eigenvalue weighted by atomic mass is 79.9. The Balaban J connectivity index is 1.79. The highest BCUT2D eigenvalue weighted by molar-refractivity contribution is 9.10. The molecule has 0 N–H and O–H groups in total. The Kier molecular flexibility index (Phi) is 2.35. The lowest BCUT2D eigenvalue weighted by Crippen LogP contribution is -2.08. The molecule has 4 aromatic rings. The maximum absolute atomic E-state index is 5.99. The van der Waals surface area contributed by atoms with Gasteiger partial charge in [0.25, 0.3) is 0 Å². The van der Waals surface area contributed by atoms with Crippen LogP contribution >= 0.6 is 15.9 Å². The first kappa shape index (κ1) is 12.1. The van der Waals surface area contributed by atoms with Gasteiger partial charge in [0.15, 0.2) is 5.65 Å². The molecule has 106 valence electrons. The van der Waals surface area contributed by atoms with E-state index in [2.05, 4.69) is 49.2 Å². The molecular formula is C16H9BrN4O. The Morgan fingerprint density at radius 2 is 2.05 bits per heavy atom. The van der Waals surface area contributed by atoms with Crippen LogP contribution < -0.4 is 4.74 Å². The Morgan fingerprint density at radius 1 is 1.09 bits per heavy atom. The van der Waals surface area contributed by atoms with Crippen molar-refractivity contribution in [2.45, 2.75) is 6.42 Å². The van der Waals surface area contributed by atoms with Gasteiger partial charge in [-0.1, -0.05) is 28.1 Å². The minimum absolute atomic E-state index is 0.615. The van der Waals surface area contributed by atoms with Crippen LogP contribution in [0.1, 0.15) is 11.1 Å². The molecule has 0 amide bonds. The van der Waals surface area contributed by atoms with E-state index in [9.17, 15) is 0 Å². The fourth-order valence-corrected chi connectivity index (χ4v) is 3.36. The summed E-state index contributed by atoms with van der Waals surface area (Å²) in [6.45, 7) is 0. The molecule has 0 saturated heterocycles. The summed E-state index contributed by atoms with van der Waals surface area (Å²) >= 11 is 3.52. The molecule has 0 aliphatic carbocycles. The fraction of sp³-hybridized carbons (Fsp3) is 0.0625. The SMILES string of the molecule is Brc1ccc2c3c(ccc2c1)Oc1ncn2ncnc2c1C3. The van der Waals surface area contributed by atoms with Gasteiger partial charge in [0, 0.05) is 16.5 Å². The summed E-state index contributed by atoms with van der Waals surface area (Å²) in [6.07, 6.45) is 3.90. The zero-order valence-corrected chi connectivity index (χ0v) is 12.9. The third-order valence-electron chi connectivity index (χ3n) is 4.00. The molecule has 0 saturated carbocycles. The topological polar surface area (TPSA) is 52.3 Å². The highest BCUT2D eigenvalue weighted by Crippen LogP contribution is 2.40. The average Bonchev–Trinajstić information content (AvgIpc) is 3.01. The Morgan fingerprint density at radius 3 is 3.00 bits per heavy atom. The number of nitrogens with zero attached hydrogens (tertiary/aromatic N) is 4. The van der Waals surface area contributed by atoms with Gasteiger partial charge >= 0.3 is 0 Å². The summed E-state index contributed by atoms with van der Waals surface area (Å²) in [5.41, 5.74) is 2.93. The molecule has 5 rings (SSSR count). The van der Waals surface area contributed by atoms with Crippen molar-refractivity contribution >= 4 is 32.3 Å². The van der Waals surface area contributed by atoms with Crippen molar-refractivity contribution in [1.29, 1.82) is 0 Å². The number of ether oxygens (including phenoxy) is 1. The van der Waals surface area contributed by atoms with Gasteiger partial charge in [-0.05, 0) is 29.0 Å². The lowest BCUT2D eigenvalue weighted by Gasteiger charge is -2.20. The molecule has 0 fully saturated rings. The first-order valence-corrected chi connectivity index (χ1v) is 7.65. The molecule has 0 spiro atoms. The van der Waals surface area contributed by atoms with Crippen molar-refractivity contribution in [2.75, 3.05) is 0 Å². The number of rotatable bonds is 0. The van der Waals surface area contributed by atoms with Crippen LogP contribution in [0.25, 0.3) is 16.4 Å². The first-order valence-electron chi connectivity index (χ1n) is 6.86. The summed E-state index contributed by atoms with van der Waals surface area (Å²) in [4.78, 5) is 8.67. The van der Waals surface area contributed by atoms with E-state index >= 15 is 0 Å². The van der Waals surface area contributed by atoms with Crippen LogP contribution in [0.2, 0.25) is 0 Å². The largest absolute Gasteiger partial charge is 0.438 e. The summed E-state index contributed by atoms with van der Waals surface area (Å²) in [5.74, 6) is 1.48. The second kappa shape index (κ2) is 4.27. The molecule has 1 aliphatic rings. The predicted molar refractivity (Wildman–Crippen MR) is 85.3 cm³/mol. The second-order valence-corrected chi connectivity index (χ2v) is 6.16. The van der Waals surface area contributed by atoms with Crippen LogP contribution in [0.3, 0.4) is 0 Å². The Hall–Kier alpha value is -2.47. The minimum atomic E-state index is 0.615. The van der Waals surface area contributed by atoms with E-state index in [4.69, 9.17) is 4.74 Å². The van der Waals surface area contributed by atoms with Gasteiger partial charge in [-0.15, -0.1) is 0 Å². The summed E-state index contributed by atoms with van der Waals surface area (Å²) in [7, 11) is 0. The molecule has 1 aliphatic heterocycles. The number of halogens is 1. The molecule has 2 aromatic heterocycles. The van der Waals surface area contributed by atoms with Crippen LogP contribution in [0.15, 0.2) is 47.5 Å². The van der Waals surface area contributed by atoms with Gasteiger partial charge in [-0.3, -0.25) is 0 Å². The Labute approximate surface area is 133 Å². The lowest BCUT2D eigenvalue weighted by molar-refractivity contribution is 0.440. The van der Waals surface area contributed by atoms with Crippen molar-refractivity contribution in [2.24, 2.45) is 0 Å². The van der Waals surface area contributed by atoms with Crippen LogP contribution in [0.4, 0.5) is 0 Å². The Bertz CT molecular complexity index is 1060. The highest BCUT2D eigenvalue weighted by Gasteiger charge is 2.23.